The van der Waals surface area contributed by atoms with Crippen molar-refractivity contribution in [2.45, 2.75) is 39.0 Å². The molecule has 1 aromatic heterocycles. The van der Waals surface area contributed by atoms with Crippen LogP contribution in [-0.2, 0) is 6.42 Å². The van der Waals surface area contributed by atoms with Crippen LogP contribution < -0.4 is 0 Å². The molecule has 0 radical (unpaired) electrons. The Labute approximate surface area is 110 Å². The summed E-state index contributed by atoms with van der Waals surface area (Å²) in [5.41, 5.74) is 4.01. The predicted molar refractivity (Wildman–Crippen MR) is 76.8 cm³/mol. The van der Waals surface area contributed by atoms with Gasteiger partial charge in [-0.2, -0.15) is 0 Å². The number of hydrogen-bond donors (Lipinski definition) is 0. The van der Waals surface area contributed by atoms with Gasteiger partial charge < -0.3 is 0 Å². The van der Waals surface area contributed by atoms with Crippen LogP contribution in [0.4, 0.5) is 0 Å². The second-order valence-corrected chi connectivity index (χ2v) is 4.83. The SMILES string of the molecule is CCC(CCc1ccccc1)c1ncccc1C. The fourth-order valence-electron chi connectivity index (χ4n) is 2.45. The van der Waals surface area contributed by atoms with Gasteiger partial charge in [-0.05, 0) is 43.4 Å². The van der Waals surface area contributed by atoms with Gasteiger partial charge in [0, 0.05) is 17.8 Å². The van der Waals surface area contributed by atoms with Crippen LogP contribution in [0, 0.1) is 6.92 Å². The Morgan fingerprint density at radius 1 is 1.06 bits per heavy atom. The number of nitrogens with zero attached hydrogens (tertiary/aromatic N) is 1. The van der Waals surface area contributed by atoms with Crippen molar-refractivity contribution in [1.29, 1.82) is 0 Å². The van der Waals surface area contributed by atoms with E-state index in [0.717, 1.165) is 12.8 Å². The van der Waals surface area contributed by atoms with Gasteiger partial charge in [-0.1, -0.05) is 43.3 Å². The third-order valence-corrected chi connectivity index (χ3v) is 3.55. The van der Waals surface area contributed by atoms with Crippen molar-refractivity contribution in [3.05, 3.63) is 65.5 Å². The first-order valence-electron chi connectivity index (χ1n) is 6.76. The number of aryl methyl sites for hydroxylation is 2. The Morgan fingerprint density at radius 2 is 1.83 bits per heavy atom. The van der Waals surface area contributed by atoms with Gasteiger partial charge in [-0.15, -0.1) is 0 Å². The summed E-state index contributed by atoms with van der Waals surface area (Å²) in [6.07, 6.45) is 5.38. The van der Waals surface area contributed by atoms with Crippen molar-refractivity contribution in [2.75, 3.05) is 0 Å². The third kappa shape index (κ3) is 3.19. The lowest BCUT2D eigenvalue weighted by Crippen LogP contribution is -2.04. The van der Waals surface area contributed by atoms with E-state index in [1.54, 1.807) is 0 Å². The van der Waals surface area contributed by atoms with Crippen LogP contribution in [0.5, 0.6) is 0 Å². The van der Waals surface area contributed by atoms with E-state index in [1.807, 2.05) is 12.3 Å². The van der Waals surface area contributed by atoms with E-state index in [-0.39, 0.29) is 0 Å². The molecule has 0 bridgehead atoms. The zero-order valence-corrected chi connectivity index (χ0v) is 11.3. The van der Waals surface area contributed by atoms with Gasteiger partial charge in [0.25, 0.3) is 0 Å². The van der Waals surface area contributed by atoms with Crippen molar-refractivity contribution in [3.8, 4) is 0 Å². The maximum atomic E-state index is 4.56. The average molecular weight is 239 g/mol. The minimum atomic E-state index is 0.575. The van der Waals surface area contributed by atoms with Gasteiger partial charge in [0.1, 0.15) is 0 Å². The van der Waals surface area contributed by atoms with Crippen LogP contribution in [0.15, 0.2) is 48.7 Å². The molecule has 0 aliphatic heterocycles. The molecule has 2 aromatic rings. The number of hydrogen-bond acceptors (Lipinski definition) is 1. The topological polar surface area (TPSA) is 12.9 Å². The van der Waals surface area contributed by atoms with Gasteiger partial charge in [0.05, 0.1) is 0 Å². The molecule has 0 spiro atoms. The lowest BCUT2D eigenvalue weighted by Gasteiger charge is -2.16. The van der Waals surface area contributed by atoms with E-state index in [2.05, 4.69) is 55.2 Å². The highest BCUT2D eigenvalue weighted by atomic mass is 14.7. The Hall–Kier alpha value is -1.63. The van der Waals surface area contributed by atoms with Gasteiger partial charge >= 0.3 is 0 Å². The molecule has 1 atom stereocenters. The summed E-state index contributed by atoms with van der Waals surface area (Å²) in [6.45, 7) is 4.41. The molecule has 1 aromatic carbocycles. The number of rotatable bonds is 5. The maximum absolute atomic E-state index is 4.56. The molecule has 0 saturated carbocycles. The summed E-state index contributed by atoms with van der Waals surface area (Å²) >= 11 is 0. The van der Waals surface area contributed by atoms with E-state index in [0.29, 0.717) is 5.92 Å². The van der Waals surface area contributed by atoms with Crippen molar-refractivity contribution in [1.82, 2.24) is 4.98 Å². The Morgan fingerprint density at radius 3 is 2.50 bits per heavy atom. The molecule has 1 heterocycles. The zero-order valence-electron chi connectivity index (χ0n) is 11.3. The summed E-state index contributed by atoms with van der Waals surface area (Å²) in [4.78, 5) is 4.56. The molecule has 1 unspecified atom stereocenters. The van der Waals surface area contributed by atoms with Gasteiger partial charge in [0.2, 0.25) is 0 Å². The largest absolute Gasteiger partial charge is 0.261 e. The molecular weight excluding hydrogens is 218 g/mol. The van der Waals surface area contributed by atoms with E-state index in [1.165, 1.54) is 23.2 Å². The van der Waals surface area contributed by atoms with Crippen molar-refractivity contribution >= 4 is 0 Å². The van der Waals surface area contributed by atoms with Crippen LogP contribution in [0.3, 0.4) is 0 Å². The quantitative estimate of drug-likeness (QED) is 0.747. The summed E-state index contributed by atoms with van der Waals surface area (Å²) in [5, 5.41) is 0. The van der Waals surface area contributed by atoms with E-state index in [9.17, 15) is 0 Å². The summed E-state index contributed by atoms with van der Waals surface area (Å²) in [7, 11) is 0. The highest BCUT2D eigenvalue weighted by Crippen LogP contribution is 2.25. The molecule has 0 aliphatic carbocycles. The highest BCUT2D eigenvalue weighted by Gasteiger charge is 2.12. The number of aromatic nitrogens is 1. The van der Waals surface area contributed by atoms with E-state index < -0.39 is 0 Å². The van der Waals surface area contributed by atoms with Gasteiger partial charge in [-0.25, -0.2) is 0 Å². The van der Waals surface area contributed by atoms with Crippen LogP contribution in [0.2, 0.25) is 0 Å². The molecule has 0 N–H and O–H groups in total. The van der Waals surface area contributed by atoms with Crippen LogP contribution in [0.25, 0.3) is 0 Å². The summed E-state index contributed by atoms with van der Waals surface area (Å²) in [6, 6.07) is 14.9. The number of pyridine rings is 1. The first-order chi connectivity index (χ1) is 8.81. The molecule has 1 heteroatoms. The zero-order chi connectivity index (χ0) is 12.8. The van der Waals surface area contributed by atoms with Crippen molar-refractivity contribution in [2.24, 2.45) is 0 Å². The fourth-order valence-corrected chi connectivity index (χ4v) is 2.45. The summed E-state index contributed by atoms with van der Waals surface area (Å²) < 4.78 is 0. The minimum Gasteiger partial charge on any atom is -0.261 e. The predicted octanol–water partition coefficient (Wildman–Crippen LogP) is 4.52. The van der Waals surface area contributed by atoms with Crippen LogP contribution in [-0.4, -0.2) is 4.98 Å². The van der Waals surface area contributed by atoms with E-state index in [4.69, 9.17) is 0 Å². The molecule has 94 valence electrons. The standard InChI is InChI=1S/C17H21N/c1-3-16(17-14(2)8-7-13-18-17)12-11-15-9-5-4-6-10-15/h4-10,13,16H,3,11-12H2,1-2H3. The van der Waals surface area contributed by atoms with Crippen LogP contribution >= 0.6 is 0 Å². The molecule has 0 saturated heterocycles. The molecule has 1 nitrogen and oxygen atoms in total. The first-order valence-corrected chi connectivity index (χ1v) is 6.76. The third-order valence-electron chi connectivity index (χ3n) is 3.55. The van der Waals surface area contributed by atoms with Crippen molar-refractivity contribution in [3.63, 3.8) is 0 Å². The fraction of sp³-hybridized carbons (Fsp3) is 0.353. The average Bonchev–Trinajstić information content (AvgIpc) is 2.42. The molecule has 0 fully saturated rings. The van der Waals surface area contributed by atoms with Crippen LogP contribution in [0.1, 0.15) is 42.5 Å². The molecule has 0 amide bonds. The Kier molecular flexibility index (Phi) is 4.52. The van der Waals surface area contributed by atoms with E-state index >= 15 is 0 Å². The minimum absolute atomic E-state index is 0.575. The molecule has 0 aliphatic rings. The maximum Gasteiger partial charge on any atom is 0.0463 e. The summed E-state index contributed by atoms with van der Waals surface area (Å²) in [5.74, 6) is 0.575. The lowest BCUT2D eigenvalue weighted by atomic mass is 9.91. The molecule has 2 rings (SSSR count). The molecule has 18 heavy (non-hydrogen) atoms. The second-order valence-electron chi connectivity index (χ2n) is 4.83. The monoisotopic (exact) mass is 239 g/mol. The lowest BCUT2D eigenvalue weighted by molar-refractivity contribution is 0.587. The Bertz CT molecular complexity index is 476. The van der Waals surface area contributed by atoms with Gasteiger partial charge in [0.15, 0.2) is 0 Å². The second kappa shape index (κ2) is 6.34. The van der Waals surface area contributed by atoms with Crippen molar-refractivity contribution < 1.29 is 0 Å². The Balaban J connectivity index is 2.04. The first kappa shape index (κ1) is 12.8. The normalized spacial score (nSPS) is 12.3. The number of benzene rings is 1. The van der Waals surface area contributed by atoms with Gasteiger partial charge in [-0.3, -0.25) is 4.98 Å². The highest BCUT2D eigenvalue weighted by molar-refractivity contribution is 5.22. The molecular formula is C17H21N. The smallest absolute Gasteiger partial charge is 0.0463 e.